The van der Waals surface area contributed by atoms with Crippen LogP contribution in [0.2, 0.25) is 5.15 Å². The molecule has 3 rings (SSSR count). The van der Waals surface area contributed by atoms with Crippen LogP contribution in [-0.2, 0) is 11.3 Å². The molecular formula is C20H23ClN6OS. The third-order valence-corrected chi connectivity index (χ3v) is 5.63. The lowest BCUT2D eigenvalue weighted by atomic mass is 10.1. The van der Waals surface area contributed by atoms with Gasteiger partial charge < -0.3 is 9.80 Å². The fourth-order valence-corrected chi connectivity index (χ4v) is 4.13. The Kier molecular flexibility index (Phi) is 8.08. The second-order valence-electron chi connectivity index (χ2n) is 6.75. The Balaban J connectivity index is 1.64. The number of aromatic nitrogens is 3. The van der Waals surface area contributed by atoms with Crippen LogP contribution >= 0.6 is 23.4 Å². The van der Waals surface area contributed by atoms with E-state index in [1.807, 2.05) is 12.1 Å². The number of hydrogen-bond donors (Lipinski definition) is 0. The van der Waals surface area contributed by atoms with E-state index < -0.39 is 0 Å². The lowest BCUT2D eigenvalue weighted by molar-refractivity contribution is -0.128. The van der Waals surface area contributed by atoms with Gasteiger partial charge in [0.2, 0.25) is 5.91 Å². The number of anilines is 1. The van der Waals surface area contributed by atoms with Gasteiger partial charge in [-0.15, -0.1) is 0 Å². The highest BCUT2D eigenvalue weighted by atomic mass is 35.5. The molecule has 0 aliphatic carbocycles. The van der Waals surface area contributed by atoms with Gasteiger partial charge in [-0.05, 0) is 30.9 Å². The molecule has 0 saturated carbocycles. The van der Waals surface area contributed by atoms with E-state index in [0.29, 0.717) is 23.4 Å². The first-order valence-electron chi connectivity index (χ1n) is 9.61. The Morgan fingerprint density at radius 2 is 2.14 bits per heavy atom. The summed E-state index contributed by atoms with van der Waals surface area (Å²) >= 11 is 7.46. The monoisotopic (exact) mass is 430 g/mol. The highest BCUT2D eigenvalue weighted by Gasteiger charge is 2.18. The quantitative estimate of drug-likeness (QED) is 0.359. The molecule has 0 radical (unpaired) electrons. The van der Waals surface area contributed by atoms with Crippen LogP contribution in [0.4, 0.5) is 5.82 Å². The van der Waals surface area contributed by atoms with Crippen LogP contribution in [0, 0.1) is 11.3 Å². The molecule has 1 fully saturated rings. The zero-order chi connectivity index (χ0) is 20.5. The summed E-state index contributed by atoms with van der Waals surface area (Å²) in [5.41, 5.74) is 0.926. The van der Waals surface area contributed by atoms with Crippen LogP contribution < -0.4 is 4.90 Å². The van der Waals surface area contributed by atoms with Crippen LogP contribution in [0.15, 0.2) is 35.7 Å². The fraction of sp³-hybridized carbons (Fsp3) is 0.450. The first kappa shape index (κ1) is 21.3. The van der Waals surface area contributed by atoms with E-state index in [2.05, 4.69) is 25.9 Å². The summed E-state index contributed by atoms with van der Waals surface area (Å²) in [6, 6.07) is 7.62. The number of nitriles is 1. The summed E-state index contributed by atoms with van der Waals surface area (Å²) in [6.45, 7) is 2.72. The van der Waals surface area contributed by atoms with Crippen molar-refractivity contribution in [2.45, 2.75) is 37.4 Å². The Morgan fingerprint density at radius 3 is 2.86 bits per heavy atom. The number of carbonyl (C=O) groups excluding carboxylic acids is 1. The molecule has 1 aliphatic rings. The van der Waals surface area contributed by atoms with E-state index >= 15 is 0 Å². The summed E-state index contributed by atoms with van der Waals surface area (Å²) < 4.78 is 0. The van der Waals surface area contributed by atoms with Crippen molar-refractivity contribution in [1.82, 2.24) is 19.9 Å². The number of pyridine rings is 1. The molecule has 0 N–H and O–H groups in total. The number of rotatable bonds is 8. The smallest absolute Gasteiger partial charge is 0.233 e. The highest BCUT2D eigenvalue weighted by molar-refractivity contribution is 7.99. The maximum absolute atomic E-state index is 12.8. The van der Waals surface area contributed by atoms with Crippen molar-refractivity contribution in [3.05, 3.63) is 41.3 Å². The predicted molar refractivity (Wildman–Crippen MR) is 114 cm³/mol. The first-order chi connectivity index (χ1) is 14.2. The standard InChI is InChI=1S/C20H23ClN6OS/c21-17-12-18(26-9-2-1-3-10-26)25-20(24-17)29-15-19(28)27(11-5-7-22)14-16-6-4-8-23-13-16/h4,6,8,12-13H,1-3,5,9-11,14-15H2. The molecule has 0 atom stereocenters. The van der Waals surface area contributed by atoms with Gasteiger partial charge in [0.1, 0.15) is 11.0 Å². The Hall–Kier alpha value is -2.37. The third kappa shape index (κ3) is 6.58. The van der Waals surface area contributed by atoms with Crippen LogP contribution in [0.25, 0.3) is 0 Å². The summed E-state index contributed by atoms with van der Waals surface area (Å²) in [6.07, 6.45) is 7.22. The number of nitrogens with zero attached hydrogens (tertiary/aromatic N) is 6. The number of hydrogen-bond acceptors (Lipinski definition) is 7. The largest absolute Gasteiger partial charge is 0.356 e. The molecule has 3 heterocycles. The van der Waals surface area contributed by atoms with E-state index in [-0.39, 0.29) is 18.1 Å². The third-order valence-electron chi connectivity index (χ3n) is 4.61. The van der Waals surface area contributed by atoms with Gasteiger partial charge in [0.25, 0.3) is 0 Å². The number of piperidine rings is 1. The fourth-order valence-electron chi connectivity index (χ4n) is 3.14. The van der Waals surface area contributed by atoms with Gasteiger partial charge in [0.05, 0.1) is 18.2 Å². The molecule has 9 heteroatoms. The first-order valence-corrected chi connectivity index (χ1v) is 11.0. The van der Waals surface area contributed by atoms with Crippen molar-refractivity contribution in [2.75, 3.05) is 30.3 Å². The van der Waals surface area contributed by atoms with E-state index in [1.54, 1.807) is 23.4 Å². The topological polar surface area (TPSA) is 86.0 Å². The highest BCUT2D eigenvalue weighted by Crippen LogP contribution is 2.24. The number of carbonyl (C=O) groups is 1. The minimum atomic E-state index is -0.0720. The van der Waals surface area contributed by atoms with E-state index in [0.717, 1.165) is 37.3 Å². The maximum atomic E-state index is 12.8. The SMILES string of the molecule is N#CCCN(Cc1cccnc1)C(=O)CSc1nc(Cl)cc(N2CCCCC2)n1. The summed E-state index contributed by atoms with van der Waals surface area (Å²) in [5.74, 6) is 0.930. The van der Waals surface area contributed by atoms with Gasteiger partial charge in [-0.2, -0.15) is 5.26 Å². The van der Waals surface area contributed by atoms with Crippen LogP contribution in [0.1, 0.15) is 31.2 Å². The second kappa shape index (κ2) is 11.0. The molecule has 7 nitrogen and oxygen atoms in total. The van der Waals surface area contributed by atoms with Crippen molar-refractivity contribution in [3.8, 4) is 6.07 Å². The van der Waals surface area contributed by atoms with Gasteiger partial charge >= 0.3 is 0 Å². The second-order valence-corrected chi connectivity index (χ2v) is 8.08. The molecular weight excluding hydrogens is 408 g/mol. The summed E-state index contributed by atoms with van der Waals surface area (Å²) in [4.78, 5) is 29.6. The molecule has 1 saturated heterocycles. The number of amides is 1. The lowest BCUT2D eigenvalue weighted by Gasteiger charge is -2.27. The van der Waals surface area contributed by atoms with Crippen LogP contribution in [-0.4, -0.2) is 51.1 Å². The molecule has 1 aliphatic heterocycles. The summed E-state index contributed by atoms with van der Waals surface area (Å²) in [5, 5.41) is 9.79. The zero-order valence-corrected chi connectivity index (χ0v) is 17.7. The molecule has 0 unspecified atom stereocenters. The Labute approximate surface area is 180 Å². The minimum Gasteiger partial charge on any atom is -0.356 e. The maximum Gasteiger partial charge on any atom is 0.233 e. The van der Waals surface area contributed by atoms with Crippen molar-refractivity contribution in [3.63, 3.8) is 0 Å². The number of halogens is 1. The molecule has 0 aromatic carbocycles. The average molecular weight is 431 g/mol. The Morgan fingerprint density at radius 1 is 1.31 bits per heavy atom. The molecule has 29 heavy (non-hydrogen) atoms. The zero-order valence-electron chi connectivity index (χ0n) is 16.1. The van der Waals surface area contributed by atoms with Crippen molar-refractivity contribution in [2.24, 2.45) is 0 Å². The normalized spacial score (nSPS) is 13.7. The molecule has 0 bridgehead atoms. The minimum absolute atomic E-state index is 0.0720. The van der Waals surface area contributed by atoms with Crippen molar-refractivity contribution < 1.29 is 4.79 Å². The van der Waals surface area contributed by atoms with Gasteiger partial charge in [0, 0.05) is 44.6 Å². The number of thioether (sulfide) groups is 1. The lowest BCUT2D eigenvalue weighted by Crippen LogP contribution is -2.33. The Bertz CT molecular complexity index is 854. The summed E-state index contributed by atoms with van der Waals surface area (Å²) in [7, 11) is 0. The molecule has 2 aromatic rings. The molecule has 152 valence electrons. The van der Waals surface area contributed by atoms with E-state index in [9.17, 15) is 4.79 Å². The molecule has 0 spiro atoms. The van der Waals surface area contributed by atoms with Crippen LogP contribution in [0.5, 0.6) is 0 Å². The molecule has 1 amide bonds. The van der Waals surface area contributed by atoms with Crippen LogP contribution in [0.3, 0.4) is 0 Å². The van der Waals surface area contributed by atoms with Gasteiger partial charge in [-0.25, -0.2) is 9.97 Å². The van der Waals surface area contributed by atoms with E-state index in [4.69, 9.17) is 16.9 Å². The molecule has 2 aromatic heterocycles. The predicted octanol–water partition coefficient (Wildman–Crippen LogP) is 3.55. The van der Waals surface area contributed by atoms with Gasteiger partial charge in [-0.3, -0.25) is 9.78 Å². The average Bonchev–Trinajstić information content (AvgIpc) is 2.76. The van der Waals surface area contributed by atoms with Crippen molar-refractivity contribution >= 4 is 35.1 Å². The van der Waals surface area contributed by atoms with Crippen molar-refractivity contribution in [1.29, 1.82) is 5.26 Å². The van der Waals surface area contributed by atoms with E-state index in [1.165, 1.54) is 18.2 Å². The van der Waals surface area contributed by atoms with Gasteiger partial charge in [0.15, 0.2) is 5.16 Å². The van der Waals surface area contributed by atoms with Gasteiger partial charge in [-0.1, -0.05) is 29.4 Å².